The van der Waals surface area contributed by atoms with Gasteiger partial charge in [0.15, 0.2) is 0 Å². The lowest BCUT2D eigenvalue weighted by atomic mass is 10.0. The predicted octanol–water partition coefficient (Wildman–Crippen LogP) is 1.64. The van der Waals surface area contributed by atoms with Crippen LogP contribution in [-0.2, 0) is 9.59 Å². The standard InChI is InChI=1S/C18H28N2O4/c21-17(22)15-9-11-3-1-5-13(11)19(15)7-8-20-14-6-2-4-12(14)10-16(20)18(23)24/h11-16H,1-10H2,(H,21,22)(H,23,24)/t11-,12-,13-,14-,15-,16-/m1/s1. The van der Waals surface area contributed by atoms with Crippen molar-refractivity contribution in [3.8, 4) is 0 Å². The molecule has 0 amide bonds. The van der Waals surface area contributed by atoms with E-state index >= 15 is 0 Å². The average Bonchev–Trinajstić information content (AvgIpc) is 3.25. The number of hydrogen-bond acceptors (Lipinski definition) is 4. The highest BCUT2D eigenvalue weighted by Crippen LogP contribution is 2.43. The van der Waals surface area contributed by atoms with Gasteiger partial charge in [-0.1, -0.05) is 12.8 Å². The number of carbonyl (C=O) groups is 2. The molecule has 0 bridgehead atoms. The zero-order valence-electron chi connectivity index (χ0n) is 14.1. The van der Waals surface area contributed by atoms with Gasteiger partial charge < -0.3 is 10.2 Å². The van der Waals surface area contributed by atoms with E-state index in [2.05, 4.69) is 9.80 Å². The first-order valence-corrected chi connectivity index (χ1v) is 9.53. The van der Waals surface area contributed by atoms with Gasteiger partial charge in [-0.05, 0) is 50.4 Å². The second-order valence-electron chi connectivity index (χ2n) is 8.17. The number of carboxylic acids is 2. The summed E-state index contributed by atoms with van der Waals surface area (Å²) in [4.78, 5) is 27.7. The SMILES string of the molecule is O=C(O)[C@H]1C[C@H]2CCC[C@H]2N1CCN1[C@@H](C(=O)O)C[C@H]2CCC[C@H]21. The van der Waals surface area contributed by atoms with E-state index < -0.39 is 11.9 Å². The van der Waals surface area contributed by atoms with E-state index in [4.69, 9.17) is 0 Å². The van der Waals surface area contributed by atoms with Gasteiger partial charge in [-0.2, -0.15) is 0 Å². The van der Waals surface area contributed by atoms with Crippen LogP contribution in [-0.4, -0.2) is 69.2 Å². The van der Waals surface area contributed by atoms with Crippen molar-refractivity contribution < 1.29 is 19.8 Å². The molecule has 6 atom stereocenters. The van der Waals surface area contributed by atoms with Gasteiger partial charge in [0.05, 0.1) is 0 Å². The molecule has 0 unspecified atom stereocenters. The van der Waals surface area contributed by atoms with E-state index in [1.54, 1.807) is 0 Å². The Balaban J connectivity index is 1.46. The zero-order chi connectivity index (χ0) is 16.8. The minimum atomic E-state index is -0.709. The van der Waals surface area contributed by atoms with Crippen molar-refractivity contribution in [1.82, 2.24) is 9.80 Å². The zero-order valence-corrected chi connectivity index (χ0v) is 14.1. The largest absolute Gasteiger partial charge is 0.480 e. The number of nitrogens with zero attached hydrogens (tertiary/aromatic N) is 2. The van der Waals surface area contributed by atoms with Gasteiger partial charge in [0.2, 0.25) is 0 Å². The molecule has 6 heteroatoms. The van der Waals surface area contributed by atoms with Crippen LogP contribution in [0.5, 0.6) is 0 Å². The third-order valence-corrected chi connectivity index (χ3v) is 7.13. The van der Waals surface area contributed by atoms with E-state index in [1.807, 2.05) is 0 Å². The van der Waals surface area contributed by atoms with Gasteiger partial charge in [-0.25, -0.2) is 0 Å². The first kappa shape index (κ1) is 16.3. The summed E-state index contributed by atoms with van der Waals surface area (Å²) in [6.07, 6.45) is 8.44. The molecular weight excluding hydrogens is 308 g/mol. The summed E-state index contributed by atoms with van der Waals surface area (Å²) in [7, 11) is 0. The van der Waals surface area contributed by atoms with Crippen LogP contribution in [0.1, 0.15) is 51.4 Å². The van der Waals surface area contributed by atoms with Crippen molar-refractivity contribution in [2.75, 3.05) is 13.1 Å². The van der Waals surface area contributed by atoms with Gasteiger partial charge in [0.1, 0.15) is 12.1 Å². The molecule has 0 spiro atoms. The summed E-state index contributed by atoms with van der Waals surface area (Å²) in [6.45, 7) is 1.40. The molecule has 4 aliphatic rings. The number of likely N-dealkylation sites (tertiary alicyclic amines) is 2. The van der Waals surface area contributed by atoms with Crippen molar-refractivity contribution in [3.63, 3.8) is 0 Å². The van der Waals surface area contributed by atoms with Crippen molar-refractivity contribution in [2.45, 2.75) is 75.5 Å². The Labute approximate surface area is 142 Å². The lowest BCUT2D eigenvalue weighted by molar-refractivity contribution is -0.145. The molecule has 6 nitrogen and oxygen atoms in total. The highest BCUT2D eigenvalue weighted by molar-refractivity contribution is 5.74. The number of hydrogen-bond donors (Lipinski definition) is 2. The fraction of sp³-hybridized carbons (Fsp3) is 0.889. The molecule has 134 valence electrons. The maximum atomic E-state index is 11.6. The highest BCUT2D eigenvalue weighted by Gasteiger charge is 2.49. The molecular formula is C18H28N2O4. The van der Waals surface area contributed by atoms with Crippen molar-refractivity contribution in [3.05, 3.63) is 0 Å². The number of rotatable bonds is 5. The number of carboxylic acid groups (broad SMARTS) is 2. The maximum absolute atomic E-state index is 11.6. The number of fused-ring (bicyclic) bond motifs is 2. The van der Waals surface area contributed by atoms with Crippen LogP contribution in [0.3, 0.4) is 0 Å². The van der Waals surface area contributed by atoms with Crippen molar-refractivity contribution in [1.29, 1.82) is 0 Å². The van der Waals surface area contributed by atoms with Gasteiger partial charge >= 0.3 is 11.9 Å². The Morgan fingerprint density at radius 3 is 1.54 bits per heavy atom. The Hall–Kier alpha value is -1.14. The van der Waals surface area contributed by atoms with Crippen LogP contribution in [0.25, 0.3) is 0 Å². The molecule has 2 saturated heterocycles. The van der Waals surface area contributed by atoms with Crippen LogP contribution in [0.2, 0.25) is 0 Å². The van der Waals surface area contributed by atoms with Crippen LogP contribution in [0.15, 0.2) is 0 Å². The van der Waals surface area contributed by atoms with Crippen LogP contribution in [0, 0.1) is 11.8 Å². The molecule has 4 rings (SSSR count). The Bertz CT molecular complexity index is 479. The second kappa shape index (κ2) is 6.30. The fourth-order valence-corrected chi connectivity index (χ4v) is 6.12. The summed E-state index contributed by atoms with van der Waals surface area (Å²) in [5, 5.41) is 19.1. The van der Waals surface area contributed by atoms with E-state index in [0.29, 0.717) is 37.0 Å². The van der Waals surface area contributed by atoms with Crippen LogP contribution in [0.4, 0.5) is 0 Å². The third-order valence-electron chi connectivity index (χ3n) is 7.13. The van der Waals surface area contributed by atoms with Crippen LogP contribution >= 0.6 is 0 Å². The average molecular weight is 336 g/mol. The molecule has 2 aliphatic heterocycles. The van der Waals surface area contributed by atoms with Gasteiger partial charge in [0, 0.05) is 25.2 Å². The summed E-state index contributed by atoms with van der Waals surface area (Å²) in [5.74, 6) is -0.364. The molecule has 24 heavy (non-hydrogen) atoms. The van der Waals surface area contributed by atoms with E-state index in [-0.39, 0.29) is 12.1 Å². The smallest absolute Gasteiger partial charge is 0.320 e. The molecule has 0 aromatic carbocycles. The topological polar surface area (TPSA) is 81.1 Å². The molecule has 2 saturated carbocycles. The first-order chi connectivity index (χ1) is 11.6. The summed E-state index contributed by atoms with van der Waals surface area (Å²) >= 11 is 0. The summed E-state index contributed by atoms with van der Waals surface area (Å²) in [6, 6.07) is 0.0591. The van der Waals surface area contributed by atoms with Gasteiger partial charge in [-0.3, -0.25) is 19.4 Å². The highest BCUT2D eigenvalue weighted by atomic mass is 16.4. The lowest BCUT2D eigenvalue weighted by Gasteiger charge is -2.33. The Morgan fingerprint density at radius 2 is 1.17 bits per heavy atom. The van der Waals surface area contributed by atoms with E-state index in [9.17, 15) is 19.8 Å². The molecule has 2 aliphatic carbocycles. The van der Waals surface area contributed by atoms with Gasteiger partial charge in [-0.15, -0.1) is 0 Å². The monoisotopic (exact) mass is 336 g/mol. The molecule has 0 aromatic heterocycles. The Morgan fingerprint density at radius 1 is 0.750 bits per heavy atom. The van der Waals surface area contributed by atoms with E-state index in [1.165, 1.54) is 12.8 Å². The first-order valence-electron chi connectivity index (χ1n) is 9.53. The minimum Gasteiger partial charge on any atom is -0.480 e. The van der Waals surface area contributed by atoms with Gasteiger partial charge in [0.25, 0.3) is 0 Å². The summed E-state index contributed by atoms with van der Waals surface area (Å²) < 4.78 is 0. The second-order valence-corrected chi connectivity index (χ2v) is 8.17. The van der Waals surface area contributed by atoms with Crippen molar-refractivity contribution >= 4 is 11.9 Å². The molecule has 2 heterocycles. The molecule has 4 fully saturated rings. The quantitative estimate of drug-likeness (QED) is 0.794. The minimum absolute atomic E-state index is 0.370. The predicted molar refractivity (Wildman–Crippen MR) is 87.8 cm³/mol. The maximum Gasteiger partial charge on any atom is 0.320 e. The summed E-state index contributed by atoms with van der Waals surface area (Å²) in [5.41, 5.74) is 0. The molecule has 2 N–H and O–H groups in total. The van der Waals surface area contributed by atoms with E-state index in [0.717, 1.165) is 38.5 Å². The lowest BCUT2D eigenvalue weighted by Crippen LogP contribution is -2.48. The third kappa shape index (κ3) is 2.64. The Kier molecular flexibility index (Phi) is 4.29. The molecule has 0 radical (unpaired) electrons. The normalized spacial score (nSPS) is 42.3. The number of aliphatic carboxylic acids is 2. The molecule has 0 aromatic rings. The van der Waals surface area contributed by atoms with Crippen LogP contribution < -0.4 is 0 Å². The fourth-order valence-electron chi connectivity index (χ4n) is 6.12. The van der Waals surface area contributed by atoms with Crippen molar-refractivity contribution in [2.24, 2.45) is 11.8 Å².